The van der Waals surface area contributed by atoms with Gasteiger partial charge < -0.3 is 9.84 Å². The molecule has 298 valence electrons. The lowest BCUT2D eigenvalue weighted by atomic mass is 9.44. The summed E-state index contributed by atoms with van der Waals surface area (Å²) in [6, 6.07) is 19.2. The lowest BCUT2D eigenvalue weighted by molar-refractivity contribution is -0.143. The van der Waals surface area contributed by atoms with Crippen LogP contribution in [0.3, 0.4) is 0 Å². The number of ketones is 2. The summed E-state index contributed by atoms with van der Waals surface area (Å²) in [7, 11) is 1.32. The average Bonchev–Trinajstić information content (AvgIpc) is 3.46. The highest BCUT2D eigenvalue weighted by molar-refractivity contribution is 9.13. The molecule has 6 atom stereocenters. The molecule has 4 aromatic rings. The first-order valence-corrected chi connectivity index (χ1v) is 19.5. The second-order valence-electron chi connectivity index (χ2n) is 14.7. The van der Waals surface area contributed by atoms with Gasteiger partial charge in [-0.2, -0.15) is 26.3 Å². The molecule has 1 saturated heterocycles. The van der Waals surface area contributed by atoms with E-state index in [2.05, 4.69) is 31.9 Å². The number of aromatic hydroxyl groups is 1. The fraction of sp³-hybridized carbons (Fsp3) is 0.256. The van der Waals surface area contributed by atoms with Crippen molar-refractivity contribution in [2.24, 2.45) is 23.7 Å². The van der Waals surface area contributed by atoms with E-state index >= 15 is 9.59 Å². The maximum atomic E-state index is 15.3. The third-order valence-electron chi connectivity index (χ3n) is 11.9. The number of allylic oxidation sites excluding steroid dienone is 4. The number of rotatable bonds is 5. The number of anilines is 1. The molecule has 1 N–H and O–H groups in total. The number of alkyl halides is 6. The van der Waals surface area contributed by atoms with E-state index in [0.717, 1.165) is 0 Å². The molecule has 0 bridgehead atoms. The lowest BCUT2D eigenvalue weighted by Crippen LogP contribution is -2.59. The molecular weight excluding hydrogens is 900 g/mol. The average molecular weight is 930 g/mol. The van der Waals surface area contributed by atoms with Gasteiger partial charge in [0, 0.05) is 21.9 Å². The number of methoxy groups -OCH3 is 1. The van der Waals surface area contributed by atoms with Crippen LogP contribution in [0.1, 0.15) is 46.6 Å². The standard InChI is InChI=1S/C43H29Br2F6NO6/c1-58-31-18-29(35(44)36(45)38(31)55)34-25-12-13-26-33(40(57)52(39(26)56)24-15-22(42(46,47)48)14-23(16-24)43(49,50)51)28(25)17-30-37(54)27(20-8-4-2-5-9-20)19-32(53)41(30,34)21-10-6-3-7-11-21/h2-12,14-16,18-19,26,28,30,33-34,55H,13,17H2,1H3. The lowest BCUT2D eigenvalue weighted by Gasteiger charge is -2.55. The van der Waals surface area contributed by atoms with Gasteiger partial charge in [-0.05, 0) is 97.7 Å². The molecule has 4 aliphatic rings. The first-order chi connectivity index (χ1) is 27.4. The number of hydrogen-bond acceptors (Lipinski definition) is 6. The van der Waals surface area contributed by atoms with Gasteiger partial charge in [0.05, 0.1) is 45.6 Å². The molecule has 8 rings (SSSR count). The summed E-state index contributed by atoms with van der Waals surface area (Å²) in [6.07, 6.45) is -7.82. The van der Waals surface area contributed by atoms with Gasteiger partial charge >= 0.3 is 12.4 Å². The highest BCUT2D eigenvalue weighted by atomic mass is 79.9. The second kappa shape index (κ2) is 14.1. The Morgan fingerprint density at radius 1 is 0.793 bits per heavy atom. The molecule has 0 radical (unpaired) electrons. The van der Waals surface area contributed by atoms with E-state index in [-0.39, 0.29) is 44.9 Å². The third-order valence-corrected chi connectivity index (χ3v) is 14.1. The summed E-state index contributed by atoms with van der Waals surface area (Å²) < 4.78 is 89.8. The summed E-state index contributed by atoms with van der Waals surface area (Å²) in [5.74, 6) is -9.02. The van der Waals surface area contributed by atoms with Gasteiger partial charge in [-0.1, -0.05) is 72.3 Å². The minimum atomic E-state index is -5.24. The SMILES string of the molecule is COc1cc(C2C3=CCC4C(=O)N(c5cc(C(F)(F)F)cc(C(F)(F)F)c5)C(=O)C4C3CC3C(=O)C(c4ccccc4)=CC(=O)C32c2ccccc2)c(Br)c(Br)c1O. The van der Waals surface area contributed by atoms with Gasteiger partial charge in [-0.15, -0.1) is 0 Å². The summed E-state index contributed by atoms with van der Waals surface area (Å²) in [6.45, 7) is 0. The van der Waals surface area contributed by atoms with Crippen LogP contribution in [0.2, 0.25) is 0 Å². The first kappa shape index (κ1) is 39.8. The number of imide groups is 1. The molecule has 2 fully saturated rings. The van der Waals surface area contributed by atoms with Crippen molar-refractivity contribution in [3.05, 3.63) is 139 Å². The number of nitrogens with zero attached hydrogens (tertiary/aromatic N) is 1. The Kier molecular flexibility index (Phi) is 9.65. The first-order valence-electron chi connectivity index (χ1n) is 17.9. The molecule has 6 unspecified atom stereocenters. The van der Waals surface area contributed by atoms with Crippen LogP contribution in [0.4, 0.5) is 32.0 Å². The minimum Gasteiger partial charge on any atom is -0.503 e. The quantitative estimate of drug-likeness (QED) is 0.122. The van der Waals surface area contributed by atoms with E-state index in [9.17, 15) is 41.0 Å². The van der Waals surface area contributed by atoms with Crippen molar-refractivity contribution < 1.29 is 55.4 Å². The van der Waals surface area contributed by atoms with Crippen LogP contribution >= 0.6 is 31.9 Å². The van der Waals surface area contributed by atoms with Gasteiger partial charge in [0.1, 0.15) is 0 Å². The van der Waals surface area contributed by atoms with Gasteiger partial charge in [-0.25, -0.2) is 4.90 Å². The predicted molar refractivity (Wildman–Crippen MR) is 206 cm³/mol. The van der Waals surface area contributed by atoms with Crippen LogP contribution in [0.15, 0.2) is 112 Å². The van der Waals surface area contributed by atoms with Gasteiger partial charge in [0.15, 0.2) is 23.1 Å². The molecular formula is C43H29Br2F6NO6. The molecule has 7 nitrogen and oxygen atoms in total. The van der Waals surface area contributed by atoms with E-state index < -0.39 is 87.6 Å². The van der Waals surface area contributed by atoms with Crippen molar-refractivity contribution in [1.29, 1.82) is 0 Å². The largest absolute Gasteiger partial charge is 0.503 e. The molecule has 15 heteroatoms. The van der Waals surface area contributed by atoms with Gasteiger partial charge in [0.25, 0.3) is 0 Å². The number of amides is 2. The number of fused-ring (bicyclic) bond motifs is 4. The molecule has 1 aliphatic heterocycles. The van der Waals surface area contributed by atoms with Gasteiger partial charge in [-0.3, -0.25) is 19.2 Å². The highest BCUT2D eigenvalue weighted by Crippen LogP contribution is 2.65. The van der Waals surface area contributed by atoms with Crippen molar-refractivity contribution in [1.82, 2.24) is 0 Å². The number of phenols is 1. The zero-order valence-corrected chi connectivity index (χ0v) is 33.2. The number of ether oxygens (including phenoxy) is 1. The Morgan fingerprint density at radius 2 is 1.40 bits per heavy atom. The molecule has 1 saturated carbocycles. The fourth-order valence-corrected chi connectivity index (χ4v) is 10.5. The van der Waals surface area contributed by atoms with E-state index in [1.807, 2.05) is 0 Å². The Morgan fingerprint density at radius 3 is 1.98 bits per heavy atom. The van der Waals surface area contributed by atoms with Crippen LogP contribution in [0.25, 0.3) is 5.57 Å². The number of Topliss-reactive ketones (excluding diaryl/α,β-unsaturated/α-hetero) is 1. The molecule has 4 aromatic carbocycles. The second-order valence-corrected chi connectivity index (χ2v) is 16.3. The Hall–Kier alpha value is -5.02. The number of carbonyl (C=O) groups excluding carboxylic acids is 4. The number of halogens is 8. The number of carbonyl (C=O) groups is 4. The predicted octanol–water partition coefficient (Wildman–Crippen LogP) is 9.99. The van der Waals surface area contributed by atoms with E-state index in [1.54, 1.807) is 66.7 Å². The maximum Gasteiger partial charge on any atom is 0.416 e. The Labute approximate surface area is 343 Å². The van der Waals surface area contributed by atoms with Crippen molar-refractivity contribution >= 4 is 66.5 Å². The molecule has 0 aromatic heterocycles. The monoisotopic (exact) mass is 927 g/mol. The van der Waals surface area contributed by atoms with Crippen LogP contribution in [0, 0.1) is 23.7 Å². The zero-order chi connectivity index (χ0) is 41.6. The summed E-state index contributed by atoms with van der Waals surface area (Å²) >= 11 is 7.01. The molecule has 3 aliphatic carbocycles. The fourth-order valence-electron chi connectivity index (χ4n) is 9.52. The molecule has 1 heterocycles. The van der Waals surface area contributed by atoms with Crippen LogP contribution in [-0.4, -0.2) is 35.6 Å². The highest BCUT2D eigenvalue weighted by Gasteiger charge is 2.66. The summed E-state index contributed by atoms with van der Waals surface area (Å²) in [5.41, 5.74) is -4.10. The summed E-state index contributed by atoms with van der Waals surface area (Å²) in [5, 5.41) is 11.0. The van der Waals surface area contributed by atoms with Crippen molar-refractivity contribution in [3.63, 3.8) is 0 Å². The third kappa shape index (κ3) is 5.98. The van der Waals surface area contributed by atoms with Crippen molar-refractivity contribution in [2.75, 3.05) is 12.0 Å². The van der Waals surface area contributed by atoms with Gasteiger partial charge in [0.2, 0.25) is 11.8 Å². The minimum absolute atomic E-state index is 0.000316. The van der Waals surface area contributed by atoms with Crippen molar-refractivity contribution in [3.8, 4) is 11.5 Å². The maximum absolute atomic E-state index is 15.3. The van der Waals surface area contributed by atoms with Crippen LogP contribution in [0.5, 0.6) is 11.5 Å². The van der Waals surface area contributed by atoms with E-state index in [0.29, 0.717) is 39.3 Å². The van der Waals surface area contributed by atoms with E-state index in [4.69, 9.17) is 4.74 Å². The smallest absolute Gasteiger partial charge is 0.416 e. The molecule has 0 spiro atoms. The van der Waals surface area contributed by atoms with E-state index in [1.165, 1.54) is 19.3 Å². The molecule has 2 amide bonds. The summed E-state index contributed by atoms with van der Waals surface area (Å²) in [4.78, 5) is 59.7. The normalized spacial score (nSPS) is 25.8. The van der Waals surface area contributed by atoms with Crippen LogP contribution < -0.4 is 9.64 Å². The van der Waals surface area contributed by atoms with Crippen LogP contribution in [-0.2, 0) is 36.9 Å². The molecule has 58 heavy (non-hydrogen) atoms. The zero-order valence-electron chi connectivity index (χ0n) is 30.0. The Balaban J connectivity index is 1.37. The Bertz CT molecular complexity index is 2450. The topological polar surface area (TPSA) is 101 Å². The van der Waals surface area contributed by atoms with Crippen molar-refractivity contribution in [2.45, 2.75) is 36.5 Å². The number of benzene rings is 4. The number of hydrogen-bond donors (Lipinski definition) is 1. The number of phenolic OH excluding ortho intramolecular Hbond substituents is 1.